The van der Waals surface area contributed by atoms with Gasteiger partial charge in [-0.2, -0.15) is 0 Å². The predicted octanol–water partition coefficient (Wildman–Crippen LogP) is 3.86. The molecule has 2 rings (SSSR count). The zero-order chi connectivity index (χ0) is 11.4. The summed E-state index contributed by atoms with van der Waals surface area (Å²) in [6, 6.07) is 9.37. The van der Waals surface area contributed by atoms with Gasteiger partial charge in [-0.05, 0) is 49.4 Å². The van der Waals surface area contributed by atoms with Gasteiger partial charge in [0.15, 0.2) is 0 Å². The van der Waals surface area contributed by atoms with Gasteiger partial charge in [0.1, 0.15) is 0 Å². The Balaban J connectivity index is 2.03. The standard InChI is InChI=1S/C14H18BrN/c1-2-3-14-10-12(8-9-16-14)11-4-6-13(15)7-5-11/h2,4-7,12,14,16H,1,3,8-10H2/t12-,14+/m1/s1. The summed E-state index contributed by atoms with van der Waals surface area (Å²) >= 11 is 3.48. The number of hydrogen-bond donors (Lipinski definition) is 1. The van der Waals surface area contributed by atoms with Crippen molar-refractivity contribution in [3.8, 4) is 0 Å². The third-order valence-corrected chi connectivity index (χ3v) is 3.82. The Morgan fingerprint density at radius 2 is 2.12 bits per heavy atom. The molecule has 1 saturated heterocycles. The van der Waals surface area contributed by atoms with E-state index in [1.165, 1.54) is 18.4 Å². The van der Waals surface area contributed by atoms with Crippen molar-refractivity contribution in [2.45, 2.75) is 31.2 Å². The van der Waals surface area contributed by atoms with E-state index >= 15 is 0 Å². The van der Waals surface area contributed by atoms with Crippen LogP contribution in [0.1, 0.15) is 30.7 Å². The number of nitrogens with one attached hydrogen (secondary N) is 1. The maximum absolute atomic E-state index is 3.82. The van der Waals surface area contributed by atoms with E-state index in [1.54, 1.807) is 0 Å². The Kier molecular flexibility index (Phi) is 4.19. The van der Waals surface area contributed by atoms with Crippen LogP contribution in [0.15, 0.2) is 41.4 Å². The highest BCUT2D eigenvalue weighted by Crippen LogP contribution is 2.29. The smallest absolute Gasteiger partial charge is 0.0175 e. The van der Waals surface area contributed by atoms with Gasteiger partial charge in [-0.3, -0.25) is 0 Å². The number of benzene rings is 1. The lowest BCUT2D eigenvalue weighted by atomic mass is 9.85. The molecule has 2 atom stereocenters. The first kappa shape index (κ1) is 11.9. The molecule has 0 aliphatic carbocycles. The summed E-state index contributed by atoms with van der Waals surface area (Å²) in [7, 11) is 0. The molecule has 1 N–H and O–H groups in total. The number of halogens is 1. The molecule has 0 bridgehead atoms. The van der Waals surface area contributed by atoms with Crippen LogP contribution >= 0.6 is 15.9 Å². The van der Waals surface area contributed by atoms with Crippen molar-refractivity contribution in [2.75, 3.05) is 6.54 Å². The summed E-state index contributed by atoms with van der Waals surface area (Å²) in [6.45, 7) is 4.94. The second kappa shape index (κ2) is 5.65. The van der Waals surface area contributed by atoms with Gasteiger partial charge in [-0.1, -0.05) is 34.1 Å². The third kappa shape index (κ3) is 2.96. The van der Waals surface area contributed by atoms with Crippen LogP contribution in [0.3, 0.4) is 0 Å². The second-order valence-electron chi connectivity index (χ2n) is 4.45. The Hall–Kier alpha value is -0.600. The van der Waals surface area contributed by atoms with Crippen LogP contribution < -0.4 is 5.32 Å². The fraction of sp³-hybridized carbons (Fsp3) is 0.429. The van der Waals surface area contributed by atoms with Gasteiger partial charge in [0, 0.05) is 10.5 Å². The minimum absolute atomic E-state index is 0.611. The highest BCUT2D eigenvalue weighted by molar-refractivity contribution is 9.10. The van der Waals surface area contributed by atoms with Crippen molar-refractivity contribution >= 4 is 15.9 Å². The van der Waals surface area contributed by atoms with E-state index in [1.807, 2.05) is 6.08 Å². The highest BCUT2D eigenvalue weighted by Gasteiger charge is 2.21. The van der Waals surface area contributed by atoms with Crippen molar-refractivity contribution < 1.29 is 0 Å². The van der Waals surface area contributed by atoms with E-state index in [4.69, 9.17) is 0 Å². The molecule has 2 heteroatoms. The molecule has 0 aromatic heterocycles. The Labute approximate surface area is 106 Å². The van der Waals surface area contributed by atoms with Gasteiger partial charge < -0.3 is 5.32 Å². The summed E-state index contributed by atoms with van der Waals surface area (Å²) in [5.74, 6) is 0.708. The van der Waals surface area contributed by atoms with E-state index < -0.39 is 0 Å². The quantitative estimate of drug-likeness (QED) is 0.829. The van der Waals surface area contributed by atoms with Crippen LogP contribution in [0.2, 0.25) is 0 Å². The topological polar surface area (TPSA) is 12.0 Å². The van der Waals surface area contributed by atoms with Crippen molar-refractivity contribution in [1.82, 2.24) is 5.32 Å². The zero-order valence-electron chi connectivity index (χ0n) is 9.45. The third-order valence-electron chi connectivity index (χ3n) is 3.29. The SMILES string of the molecule is C=CC[C@H]1C[C@H](c2ccc(Br)cc2)CCN1. The minimum atomic E-state index is 0.611. The first-order chi connectivity index (χ1) is 7.79. The molecule has 1 aromatic rings. The largest absolute Gasteiger partial charge is 0.314 e. The van der Waals surface area contributed by atoms with Crippen LogP contribution in [0.4, 0.5) is 0 Å². The molecule has 0 spiro atoms. The second-order valence-corrected chi connectivity index (χ2v) is 5.36. The van der Waals surface area contributed by atoms with Crippen LogP contribution in [0.5, 0.6) is 0 Å². The van der Waals surface area contributed by atoms with Crippen LogP contribution in [-0.2, 0) is 0 Å². The van der Waals surface area contributed by atoms with Crippen molar-refractivity contribution in [1.29, 1.82) is 0 Å². The predicted molar refractivity (Wildman–Crippen MR) is 72.7 cm³/mol. The summed E-state index contributed by atoms with van der Waals surface area (Å²) in [6.07, 6.45) is 5.57. The van der Waals surface area contributed by atoms with E-state index in [0.717, 1.165) is 17.4 Å². The summed E-state index contributed by atoms with van der Waals surface area (Å²) in [5, 5.41) is 3.55. The fourth-order valence-corrected chi connectivity index (χ4v) is 2.69. The van der Waals surface area contributed by atoms with Crippen molar-refractivity contribution in [3.05, 3.63) is 47.0 Å². The lowest BCUT2D eigenvalue weighted by Crippen LogP contribution is -2.36. The molecule has 1 fully saturated rings. The lowest BCUT2D eigenvalue weighted by molar-refractivity contribution is 0.364. The van der Waals surface area contributed by atoms with E-state index in [-0.39, 0.29) is 0 Å². The average molecular weight is 280 g/mol. The van der Waals surface area contributed by atoms with Gasteiger partial charge in [0.05, 0.1) is 0 Å². The molecule has 1 aliphatic rings. The maximum Gasteiger partial charge on any atom is 0.0175 e. The Morgan fingerprint density at radius 3 is 2.81 bits per heavy atom. The lowest BCUT2D eigenvalue weighted by Gasteiger charge is -2.30. The van der Waals surface area contributed by atoms with Gasteiger partial charge in [-0.15, -0.1) is 6.58 Å². The number of rotatable bonds is 3. The molecule has 0 amide bonds. The van der Waals surface area contributed by atoms with Gasteiger partial charge in [-0.25, -0.2) is 0 Å². The van der Waals surface area contributed by atoms with Gasteiger partial charge in [0.25, 0.3) is 0 Å². The first-order valence-electron chi connectivity index (χ1n) is 5.89. The number of hydrogen-bond acceptors (Lipinski definition) is 1. The molecule has 1 heterocycles. The van der Waals surface area contributed by atoms with Crippen molar-refractivity contribution in [2.24, 2.45) is 0 Å². The minimum Gasteiger partial charge on any atom is -0.314 e. The average Bonchev–Trinajstić information content (AvgIpc) is 2.31. The first-order valence-corrected chi connectivity index (χ1v) is 6.68. The normalized spacial score (nSPS) is 25.3. The molecular formula is C14H18BrN. The van der Waals surface area contributed by atoms with Crippen LogP contribution in [0.25, 0.3) is 0 Å². The number of piperidine rings is 1. The molecule has 1 aromatic carbocycles. The van der Waals surface area contributed by atoms with Crippen molar-refractivity contribution in [3.63, 3.8) is 0 Å². The summed E-state index contributed by atoms with van der Waals surface area (Å²) in [4.78, 5) is 0. The fourth-order valence-electron chi connectivity index (χ4n) is 2.42. The molecule has 0 unspecified atom stereocenters. The molecule has 16 heavy (non-hydrogen) atoms. The van der Waals surface area contributed by atoms with Crippen LogP contribution in [0, 0.1) is 0 Å². The molecule has 1 aliphatic heterocycles. The van der Waals surface area contributed by atoms with Crippen LogP contribution in [-0.4, -0.2) is 12.6 Å². The Morgan fingerprint density at radius 1 is 1.38 bits per heavy atom. The molecule has 0 radical (unpaired) electrons. The summed E-state index contributed by atoms with van der Waals surface area (Å²) < 4.78 is 1.16. The monoisotopic (exact) mass is 279 g/mol. The van der Waals surface area contributed by atoms with E-state index in [9.17, 15) is 0 Å². The summed E-state index contributed by atoms with van der Waals surface area (Å²) in [5.41, 5.74) is 1.47. The van der Waals surface area contributed by atoms with Gasteiger partial charge in [0.2, 0.25) is 0 Å². The molecule has 86 valence electrons. The molecule has 1 nitrogen and oxygen atoms in total. The van der Waals surface area contributed by atoms with E-state index in [2.05, 4.69) is 52.1 Å². The van der Waals surface area contributed by atoms with E-state index in [0.29, 0.717) is 12.0 Å². The van der Waals surface area contributed by atoms with Gasteiger partial charge >= 0.3 is 0 Å². The zero-order valence-corrected chi connectivity index (χ0v) is 11.0. The highest BCUT2D eigenvalue weighted by atomic mass is 79.9. The molecular weight excluding hydrogens is 262 g/mol. The molecule has 0 saturated carbocycles. The Bertz CT molecular complexity index is 344. The maximum atomic E-state index is 3.82.